The van der Waals surface area contributed by atoms with Gasteiger partial charge in [-0.3, -0.25) is 4.79 Å². The minimum absolute atomic E-state index is 0.0144. The second-order valence-corrected chi connectivity index (χ2v) is 5.26. The SMILES string of the molecule is NCC1CC(=O)N(Cc2ccccc2)c2ccccc2N1. The zero-order valence-electron chi connectivity index (χ0n) is 11.8. The largest absolute Gasteiger partial charge is 0.379 e. The number of nitrogens with one attached hydrogen (secondary N) is 1. The van der Waals surface area contributed by atoms with Crippen LogP contribution >= 0.6 is 0 Å². The van der Waals surface area contributed by atoms with E-state index < -0.39 is 0 Å². The van der Waals surface area contributed by atoms with Crippen molar-refractivity contribution in [3.8, 4) is 0 Å². The maximum Gasteiger partial charge on any atom is 0.229 e. The molecule has 1 unspecified atom stereocenters. The minimum atomic E-state index is -0.0144. The van der Waals surface area contributed by atoms with Crippen LogP contribution in [0.15, 0.2) is 54.6 Å². The second-order valence-electron chi connectivity index (χ2n) is 5.26. The Morgan fingerprint density at radius 3 is 2.57 bits per heavy atom. The average Bonchev–Trinajstić information content (AvgIpc) is 2.66. The summed E-state index contributed by atoms with van der Waals surface area (Å²) >= 11 is 0. The number of benzene rings is 2. The van der Waals surface area contributed by atoms with Gasteiger partial charge in [0.1, 0.15) is 0 Å². The number of hydrogen-bond donors (Lipinski definition) is 2. The van der Waals surface area contributed by atoms with E-state index in [2.05, 4.69) is 5.32 Å². The third kappa shape index (κ3) is 2.90. The van der Waals surface area contributed by atoms with Gasteiger partial charge in [-0.05, 0) is 17.7 Å². The average molecular weight is 281 g/mol. The molecule has 108 valence electrons. The molecule has 0 saturated heterocycles. The number of amides is 1. The predicted molar refractivity (Wildman–Crippen MR) is 85.2 cm³/mol. The van der Waals surface area contributed by atoms with Gasteiger partial charge in [0.25, 0.3) is 0 Å². The molecule has 1 aliphatic rings. The lowest BCUT2D eigenvalue weighted by Crippen LogP contribution is -2.34. The molecule has 21 heavy (non-hydrogen) atoms. The first-order valence-electron chi connectivity index (χ1n) is 7.18. The zero-order chi connectivity index (χ0) is 14.7. The summed E-state index contributed by atoms with van der Waals surface area (Å²) in [7, 11) is 0. The predicted octanol–water partition coefficient (Wildman–Crippen LogP) is 2.36. The molecular weight excluding hydrogens is 262 g/mol. The van der Waals surface area contributed by atoms with Gasteiger partial charge in [-0.25, -0.2) is 0 Å². The molecule has 0 fully saturated rings. The number of anilines is 2. The number of fused-ring (bicyclic) bond motifs is 1. The van der Waals surface area contributed by atoms with E-state index in [9.17, 15) is 4.79 Å². The summed E-state index contributed by atoms with van der Waals surface area (Å²) in [6.45, 7) is 1.02. The Labute approximate surface area is 124 Å². The van der Waals surface area contributed by atoms with Crippen LogP contribution in [0.5, 0.6) is 0 Å². The zero-order valence-corrected chi connectivity index (χ0v) is 11.8. The van der Waals surface area contributed by atoms with Crippen molar-refractivity contribution in [1.82, 2.24) is 0 Å². The third-order valence-corrected chi connectivity index (χ3v) is 3.74. The molecule has 1 atom stereocenters. The Bertz CT molecular complexity index is 627. The van der Waals surface area contributed by atoms with Crippen molar-refractivity contribution in [2.75, 3.05) is 16.8 Å². The Morgan fingerprint density at radius 1 is 1.10 bits per heavy atom. The molecule has 0 radical (unpaired) electrons. The van der Waals surface area contributed by atoms with Gasteiger partial charge in [0.2, 0.25) is 5.91 Å². The highest BCUT2D eigenvalue weighted by Crippen LogP contribution is 2.31. The van der Waals surface area contributed by atoms with E-state index in [1.807, 2.05) is 59.5 Å². The molecule has 4 nitrogen and oxygen atoms in total. The molecule has 4 heteroatoms. The van der Waals surface area contributed by atoms with E-state index in [0.717, 1.165) is 16.9 Å². The number of nitrogens with two attached hydrogens (primary N) is 1. The van der Waals surface area contributed by atoms with Crippen LogP contribution in [-0.2, 0) is 11.3 Å². The first kappa shape index (κ1) is 13.6. The number of rotatable bonds is 3. The fourth-order valence-corrected chi connectivity index (χ4v) is 2.64. The molecule has 1 aliphatic heterocycles. The molecular formula is C17H19N3O. The van der Waals surface area contributed by atoms with Gasteiger partial charge in [0.05, 0.1) is 17.9 Å². The van der Waals surface area contributed by atoms with Crippen LogP contribution in [0.2, 0.25) is 0 Å². The standard InChI is InChI=1S/C17H19N3O/c18-11-14-10-17(21)20(12-13-6-2-1-3-7-13)16-9-5-4-8-15(16)19-14/h1-9,14,19H,10-12,18H2. The monoisotopic (exact) mass is 281 g/mol. The topological polar surface area (TPSA) is 58.4 Å². The molecule has 0 aliphatic carbocycles. The number of hydrogen-bond acceptors (Lipinski definition) is 3. The molecule has 1 amide bonds. The molecule has 0 aromatic heterocycles. The molecule has 2 aromatic rings. The third-order valence-electron chi connectivity index (χ3n) is 3.74. The van der Waals surface area contributed by atoms with Crippen molar-refractivity contribution in [3.05, 3.63) is 60.2 Å². The normalized spacial score (nSPS) is 17.9. The van der Waals surface area contributed by atoms with Gasteiger partial charge < -0.3 is 16.0 Å². The fraction of sp³-hybridized carbons (Fsp3) is 0.235. The Balaban J connectivity index is 1.96. The maximum absolute atomic E-state index is 12.6. The number of nitrogens with zero attached hydrogens (tertiary/aromatic N) is 1. The maximum atomic E-state index is 12.6. The Hall–Kier alpha value is -2.33. The van der Waals surface area contributed by atoms with Crippen LogP contribution in [0.3, 0.4) is 0 Å². The Kier molecular flexibility index (Phi) is 3.88. The molecule has 0 saturated carbocycles. The second kappa shape index (κ2) is 5.97. The summed E-state index contributed by atoms with van der Waals surface area (Å²) in [5.41, 5.74) is 8.76. The molecule has 0 spiro atoms. The summed E-state index contributed by atoms with van der Waals surface area (Å²) in [5, 5.41) is 3.37. The van der Waals surface area contributed by atoms with E-state index in [0.29, 0.717) is 19.5 Å². The molecule has 3 N–H and O–H groups in total. The van der Waals surface area contributed by atoms with Crippen molar-refractivity contribution in [1.29, 1.82) is 0 Å². The first-order chi connectivity index (χ1) is 10.3. The van der Waals surface area contributed by atoms with E-state index in [1.54, 1.807) is 0 Å². The highest BCUT2D eigenvalue weighted by molar-refractivity contribution is 5.98. The van der Waals surface area contributed by atoms with Crippen molar-refractivity contribution in [2.24, 2.45) is 5.73 Å². The molecule has 0 bridgehead atoms. The summed E-state index contributed by atoms with van der Waals surface area (Å²) in [4.78, 5) is 14.4. The first-order valence-corrected chi connectivity index (χ1v) is 7.18. The van der Waals surface area contributed by atoms with E-state index in [4.69, 9.17) is 5.73 Å². The fourth-order valence-electron chi connectivity index (χ4n) is 2.64. The summed E-state index contributed by atoms with van der Waals surface area (Å²) in [6.07, 6.45) is 0.415. The van der Waals surface area contributed by atoms with Crippen LogP contribution in [0.4, 0.5) is 11.4 Å². The van der Waals surface area contributed by atoms with Crippen LogP contribution in [0.25, 0.3) is 0 Å². The summed E-state index contributed by atoms with van der Waals surface area (Å²) in [6, 6.07) is 17.9. The van der Waals surface area contributed by atoms with Gasteiger partial charge in [0.15, 0.2) is 0 Å². The van der Waals surface area contributed by atoms with Crippen LogP contribution in [0.1, 0.15) is 12.0 Å². The smallest absolute Gasteiger partial charge is 0.229 e. The lowest BCUT2D eigenvalue weighted by Gasteiger charge is -2.22. The van der Waals surface area contributed by atoms with Gasteiger partial charge in [-0.15, -0.1) is 0 Å². The number of para-hydroxylation sites is 2. The lowest BCUT2D eigenvalue weighted by atomic mass is 10.1. The summed E-state index contributed by atoms with van der Waals surface area (Å²) in [5.74, 6) is 0.103. The number of carbonyl (C=O) groups excluding carboxylic acids is 1. The van der Waals surface area contributed by atoms with E-state index in [1.165, 1.54) is 0 Å². The van der Waals surface area contributed by atoms with Crippen LogP contribution in [0, 0.1) is 0 Å². The van der Waals surface area contributed by atoms with Gasteiger partial charge >= 0.3 is 0 Å². The lowest BCUT2D eigenvalue weighted by molar-refractivity contribution is -0.118. The van der Waals surface area contributed by atoms with Crippen molar-refractivity contribution in [3.63, 3.8) is 0 Å². The quantitative estimate of drug-likeness (QED) is 0.908. The van der Waals surface area contributed by atoms with Crippen LogP contribution < -0.4 is 16.0 Å². The highest BCUT2D eigenvalue weighted by atomic mass is 16.2. The summed E-state index contributed by atoms with van der Waals surface area (Å²) < 4.78 is 0. The van der Waals surface area contributed by atoms with Crippen LogP contribution in [-0.4, -0.2) is 18.5 Å². The molecule has 2 aromatic carbocycles. The number of carbonyl (C=O) groups is 1. The van der Waals surface area contributed by atoms with Crippen molar-refractivity contribution < 1.29 is 4.79 Å². The van der Waals surface area contributed by atoms with E-state index >= 15 is 0 Å². The molecule has 3 rings (SSSR count). The highest BCUT2D eigenvalue weighted by Gasteiger charge is 2.26. The van der Waals surface area contributed by atoms with Gasteiger partial charge in [-0.2, -0.15) is 0 Å². The minimum Gasteiger partial charge on any atom is -0.379 e. The Morgan fingerprint density at radius 2 is 1.81 bits per heavy atom. The van der Waals surface area contributed by atoms with Crippen molar-refractivity contribution >= 4 is 17.3 Å². The molecule has 1 heterocycles. The van der Waals surface area contributed by atoms with Gasteiger partial charge in [-0.1, -0.05) is 42.5 Å². The van der Waals surface area contributed by atoms with E-state index in [-0.39, 0.29) is 11.9 Å². The van der Waals surface area contributed by atoms with Crippen molar-refractivity contribution in [2.45, 2.75) is 19.0 Å². The van der Waals surface area contributed by atoms with Gasteiger partial charge in [0, 0.05) is 19.0 Å².